The molecule has 0 bridgehead atoms. The first kappa shape index (κ1) is 15.2. The van der Waals surface area contributed by atoms with E-state index < -0.39 is 0 Å². The zero-order chi connectivity index (χ0) is 15.4. The van der Waals surface area contributed by atoms with E-state index in [1.807, 2.05) is 32.0 Å². The fourth-order valence-corrected chi connectivity index (χ4v) is 1.97. The number of amides is 1. The van der Waals surface area contributed by atoms with Crippen molar-refractivity contribution in [1.29, 1.82) is 0 Å². The SMILES string of the molecule is Cc1ccc(OCC(=O)Nc2ccc(Cl)cc2N)cc1C. The Labute approximate surface area is 128 Å². The zero-order valence-corrected chi connectivity index (χ0v) is 12.7. The maximum atomic E-state index is 11.9. The van der Waals surface area contributed by atoms with Gasteiger partial charge in [0, 0.05) is 5.02 Å². The highest BCUT2D eigenvalue weighted by Crippen LogP contribution is 2.22. The third-order valence-electron chi connectivity index (χ3n) is 3.14. The molecule has 0 radical (unpaired) electrons. The summed E-state index contributed by atoms with van der Waals surface area (Å²) in [7, 11) is 0. The third kappa shape index (κ3) is 4.13. The van der Waals surface area contributed by atoms with Gasteiger partial charge in [-0.3, -0.25) is 4.79 Å². The number of ether oxygens (including phenoxy) is 1. The summed E-state index contributed by atoms with van der Waals surface area (Å²) in [4.78, 5) is 11.9. The molecule has 0 heterocycles. The predicted molar refractivity (Wildman–Crippen MR) is 85.9 cm³/mol. The van der Waals surface area contributed by atoms with E-state index in [4.69, 9.17) is 22.1 Å². The van der Waals surface area contributed by atoms with Crippen LogP contribution in [0.3, 0.4) is 0 Å². The maximum absolute atomic E-state index is 11.9. The van der Waals surface area contributed by atoms with Crippen LogP contribution in [0.5, 0.6) is 5.75 Å². The lowest BCUT2D eigenvalue weighted by Crippen LogP contribution is -2.20. The lowest BCUT2D eigenvalue weighted by Gasteiger charge is -2.10. The first-order valence-electron chi connectivity index (χ1n) is 6.50. The second-order valence-electron chi connectivity index (χ2n) is 4.81. The minimum absolute atomic E-state index is 0.0788. The lowest BCUT2D eigenvalue weighted by atomic mass is 10.1. The first-order valence-corrected chi connectivity index (χ1v) is 6.88. The molecule has 2 rings (SSSR count). The maximum Gasteiger partial charge on any atom is 0.262 e. The van der Waals surface area contributed by atoms with E-state index in [1.54, 1.807) is 18.2 Å². The van der Waals surface area contributed by atoms with Crippen molar-refractivity contribution < 1.29 is 9.53 Å². The standard InChI is InChI=1S/C16H17ClN2O2/c1-10-3-5-13(7-11(10)2)21-9-16(20)19-15-6-4-12(17)8-14(15)18/h3-8H,9,18H2,1-2H3,(H,19,20). The van der Waals surface area contributed by atoms with Crippen LogP contribution in [-0.2, 0) is 4.79 Å². The van der Waals surface area contributed by atoms with Gasteiger partial charge in [-0.15, -0.1) is 0 Å². The number of aryl methyl sites for hydroxylation is 2. The van der Waals surface area contributed by atoms with Gasteiger partial charge in [-0.1, -0.05) is 17.7 Å². The summed E-state index contributed by atoms with van der Waals surface area (Å²) in [5, 5.41) is 3.21. The summed E-state index contributed by atoms with van der Waals surface area (Å²) in [6, 6.07) is 10.6. The molecule has 0 fully saturated rings. The Morgan fingerprint density at radius 2 is 1.95 bits per heavy atom. The van der Waals surface area contributed by atoms with Crippen molar-refractivity contribution in [2.75, 3.05) is 17.7 Å². The number of carbonyl (C=O) groups excluding carboxylic acids is 1. The smallest absolute Gasteiger partial charge is 0.262 e. The number of nitrogens with two attached hydrogens (primary N) is 1. The van der Waals surface area contributed by atoms with Gasteiger partial charge in [-0.2, -0.15) is 0 Å². The van der Waals surface area contributed by atoms with Gasteiger partial charge in [-0.05, 0) is 55.3 Å². The Morgan fingerprint density at radius 3 is 2.62 bits per heavy atom. The number of nitrogens with one attached hydrogen (secondary N) is 1. The summed E-state index contributed by atoms with van der Waals surface area (Å²) < 4.78 is 5.46. The summed E-state index contributed by atoms with van der Waals surface area (Å²) in [5.74, 6) is 0.388. The normalized spacial score (nSPS) is 10.2. The number of benzene rings is 2. The highest BCUT2D eigenvalue weighted by atomic mass is 35.5. The van der Waals surface area contributed by atoms with E-state index in [-0.39, 0.29) is 12.5 Å². The Morgan fingerprint density at radius 1 is 1.19 bits per heavy atom. The van der Waals surface area contributed by atoms with E-state index in [0.717, 1.165) is 5.56 Å². The van der Waals surface area contributed by atoms with Crippen molar-refractivity contribution in [1.82, 2.24) is 0 Å². The van der Waals surface area contributed by atoms with E-state index in [9.17, 15) is 4.79 Å². The minimum atomic E-state index is -0.276. The number of halogens is 1. The van der Waals surface area contributed by atoms with E-state index in [1.165, 1.54) is 5.56 Å². The molecule has 2 aromatic rings. The van der Waals surface area contributed by atoms with Gasteiger partial charge < -0.3 is 15.8 Å². The quantitative estimate of drug-likeness (QED) is 0.849. The van der Waals surface area contributed by atoms with Crippen LogP contribution < -0.4 is 15.8 Å². The molecule has 0 aliphatic rings. The van der Waals surface area contributed by atoms with Crippen molar-refractivity contribution >= 4 is 28.9 Å². The van der Waals surface area contributed by atoms with Crippen LogP contribution in [0.25, 0.3) is 0 Å². The third-order valence-corrected chi connectivity index (χ3v) is 3.37. The molecule has 0 unspecified atom stereocenters. The molecule has 0 spiro atoms. The van der Waals surface area contributed by atoms with Crippen molar-refractivity contribution in [3.8, 4) is 5.75 Å². The highest BCUT2D eigenvalue weighted by molar-refractivity contribution is 6.31. The van der Waals surface area contributed by atoms with Crippen LogP contribution in [0.2, 0.25) is 5.02 Å². The fraction of sp³-hybridized carbons (Fsp3) is 0.188. The number of anilines is 2. The van der Waals surface area contributed by atoms with Crippen LogP contribution in [0.1, 0.15) is 11.1 Å². The van der Waals surface area contributed by atoms with Crippen molar-refractivity contribution in [3.05, 3.63) is 52.5 Å². The molecule has 2 aromatic carbocycles. The summed E-state index contributed by atoms with van der Waals surface area (Å²) >= 11 is 5.80. The molecule has 0 saturated carbocycles. The predicted octanol–water partition coefficient (Wildman–Crippen LogP) is 3.56. The summed E-state index contributed by atoms with van der Waals surface area (Å²) in [6.45, 7) is 3.94. The van der Waals surface area contributed by atoms with Crippen molar-refractivity contribution in [2.45, 2.75) is 13.8 Å². The number of nitrogen functional groups attached to an aromatic ring is 1. The summed E-state index contributed by atoms with van der Waals surface area (Å²) in [5.41, 5.74) is 9.01. The van der Waals surface area contributed by atoms with Gasteiger partial charge in [0.1, 0.15) is 5.75 Å². The van der Waals surface area contributed by atoms with E-state index in [0.29, 0.717) is 22.1 Å². The minimum Gasteiger partial charge on any atom is -0.484 e. The Kier molecular flexibility index (Phi) is 4.70. The number of carbonyl (C=O) groups is 1. The molecule has 0 atom stereocenters. The van der Waals surface area contributed by atoms with Gasteiger partial charge in [0.2, 0.25) is 0 Å². The van der Waals surface area contributed by atoms with Crippen LogP contribution in [0.15, 0.2) is 36.4 Å². The molecule has 0 aliphatic heterocycles. The van der Waals surface area contributed by atoms with E-state index in [2.05, 4.69) is 5.32 Å². The van der Waals surface area contributed by atoms with E-state index >= 15 is 0 Å². The molecular weight excluding hydrogens is 288 g/mol. The number of hydrogen-bond acceptors (Lipinski definition) is 3. The second kappa shape index (κ2) is 6.50. The van der Waals surface area contributed by atoms with Gasteiger partial charge in [-0.25, -0.2) is 0 Å². The number of rotatable bonds is 4. The Balaban J connectivity index is 1.94. The van der Waals surface area contributed by atoms with Crippen LogP contribution >= 0.6 is 11.6 Å². The van der Waals surface area contributed by atoms with Crippen LogP contribution in [0.4, 0.5) is 11.4 Å². The molecule has 5 heteroatoms. The molecule has 21 heavy (non-hydrogen) atoms. The van der Waals surface area contributed by atoms with Gasteiger partial charge in [0.05, 0.1) is 11.4 Å². The lowest BCUT2D eigenvalue weighted by molar-refractivity contribution is -0.118. The molecule has 0 saturated heterocycles. The van der Waals surface area contributed by atoms with Crippen LogP contribution in [-0.4, -0.2) is 12.5 Å². The van der Waals surface area contributed by atoms with Gasteiger partial charge in [0.15, 0.2) is 6.61 Å². The fourth-order valence-electron chi connectivity index (χ4n) is 1.79. The zero-order valence-electron chi connectivity index (χ0n) is 11.9. The molecule has 4 nitrogen and oxygen atoms in total. The van der Waals surface area contributed by atoms with Crippen molar-refractivity contribution in [2.24, 2.45) is 0 Å². The topological polar surface area (TPSA) is 64.3 Å². The molecule has 1 amide bonds. The highest BCUT2D eigenvalue weighted by Gasteiger charge is 2.07. The Hall–Kier alpha value is -2.20. The second-order valence-corrected chi connectivity index (χ2v) is 5.25. The molecule has 3 N–H and O–H groups in total. The van der Waals surface area contributed by atoms with Gasteiger partial charge >= 0.3 is 0 Å². The molecule has 0 aromatic heterocycles. The monoisotopic (exact) mass is 304 g/mol. The van der Waals surface area contributed by atoms with Gasteiger partial charge in [0.25, 0.3) is 5.91 Å². The average molecular weight is 305 g/mol. The summed E-state index contributed by atoms with van der Waals surface area (Å²) in [6.07, 6.45) is 0. The largest absolute Gasteiger partial charge is 0.484 e. The number of hydrogen-bond donors (Lipinski definition) is 2. The molecule has 110 valence electrons. The first-order chi connectivity index (χ1) is 9.95. The van der Waals surface area contributed by atoms with Crippen LogP contribution in [0, 0.1) is 13.8 Å². The Bertz CT molecular complexity index is 671. The van der Waals surface area contributed by atoms with Crippen molar-refractivity contribution in [3.63, 3.8) is 0 Å². The average Bonchev–Trinajstić information content (AvgIpc) is 2.43. The molecule has 0 aliphatic carbocycles. The molecular formula is C16H17ClN2O2.